The first-order chi connectivity index (χ1) is 14.1. The fraction of sp³-hybridized carbons (Fsp3) is 0.136. The first kappa shape index (κ1) is 20.2. The molecule has 29 heavy (non-hydrogen) atoms. The lowest BCUT2D eigenvalue weighted by Crippen LogP contribution is -2.35. The molecule has 6 nitrogen and oxygen atoms in total. The zero-order chi connectivity index (χ0) is 20.6. The summed E-state index contributed by atoms with van der Waals surface area (Å²) in [5.41, 5.74) is 1.80. The van der Waals surface area contributed by atoms with Crippen molar-refractivity contribution in [1.29, 1.82) is 5.26 Å². The van der Waals surface area contributed by atoms with Gasteiger partial charge >= 0.3 is 5.97 Å². The summed E-state index contributed by atoms with van der Waals surface area (Å²) in [6.07, 6.45) is 3.95. The Kier molecular flexibility index (Phi) is 6.67. The van der Waals surface area contributed by atoms with E-state index in [1.807, 2.05) is 35.2 Å². The van der Waals surface area contributed by atoms with Crippen molar-refractivity contribution in [2.75, 3.05) is 18.1 Å². The molecule has 0 aliphatic heterocycles. The molecule has 3 aromatic rings. The number of hydrogen-bond donors (Lipinski definition) is 0. The van der Waals surface area contributed by atoms with Gasteiger partial charge in [-0.25, -0.2) is 4.79 Å². The number of carbonyl (C=O) groups is 2. The number of anilines is 1. The fourth-order valence-corrected chi connectivity index (χ4v) is 2.95. The highest BCUT2D eigenvalue weighted by Gasteiger charge is 2.18. The second-order valence-corrected chi connectivity index (χ2v) is 6.58. The molecular formula is C22H18ClN3O3. The molecule has 0 saturated carbocycles. The Morgan fingerprint density at radius 3 is 2.45 bits per heavy atom. The van der Waals surface area contributed by atoms with Crippen molar-refractivity contribution in [3.8, 4) is 11.8 Å². The molecule has 0 saturated heterocycles. The lowest BCUT2D eigenvalue weighted by molar-refractivity contribution is -0.121. The minimum absolute atomic E-state index is 0.146. The number of carbonyl (C=O) groups excluding carboxylic acids is 2. The van der Waals surface area contributed by atoms with Crippen LogP contribution in [0.25, 0.3) is 5.69 Å². The maximum Gasteiger partial charge on any atom is 0.338 e. The number of hydrogen-bond acceptors (Lipinski definition) is 4. The Bertz CT molecular complexity index is 1020. The van der Waals surface area contributed by atoms with Gasteiger partial charge in [-0.2, -0.15) is 5.26 Å². The van der Waals surface area contributed by atoms with E-state index < -0.39 is 18.5 Å². The van der Waals surface area contributed by atoms with Crippen LogP contribution in [0.15, 0.2) is 73.1 Å². The van der Waals surface area contributed by atoms with Crippen LogP contribution in [0.4, 0.5) is 5.69 Å². The van der Waals surface area contributed by atoms with E-state index in [0.29, 0.717) is 16.3 Å². The summed E-state index contributed by atoms with van der Waals surface area (Å²) in [5, 5.41) is 9.32. The Morgan fingerprint density at radius 1 is 1.07 bits per heavy atom. The second kappa shape index (κ2) is 9.58. The van der Waals surface area contributed by atoms with Crippen molar-refractivity contribution < 1.29 is 14.3 Å². The van der Waals surface area contributed by atoms with Crippen LogP contribution < -0.4 is 4.90 Å². The highest BCUT2D eigenvalue weighted by Crippen LogP contribution is 2.20. The topological polar surface area (TPSA) is 75.3 Å². The van der Waals surface area contributed by atoms with E-state index in [1.165, 1.54) is 4.90 Å². The Morgan fingerprint density at radius 2 is 1.79 bits per heavy atom. The number of halogens is 1. The highest BCUT2D eigenvalue weighted by atomic mass is 35.5. The molecule has 3 rings (SSSR count). The van der Waals surface area contributed by atoms with E-state index >= 15 is 0 Å². The molecule has 0 spiro atoms. The quantitative estimate of drug-likeness (QED) is 0.549. The largest absolute Gasteiger partial charge is 0.452 e. The van der Waals surface area contributed by atoms with Gasteiger partial charge in [0, 0.05) is 35.3 Å². The van der Waals surface area contributed by atoms with Gasteiger partial charge in [0.05, 0.1) is 18.1 Å². The summed E-state index contributed by atoms with van der Waals surface area (Å²) >= 11 is 5.99. The molecule has 0 aliphatic carbocycles. The average Bonchev–Trinajstić information content (AvgIpc) is 3.27. The maximum absolute atomic E-state index is 12.6. The zero-order valence-corrected chi connectivity index (χ0v) is 16.2. The van der Waals surface area contributed by atoms with Crippen LogP contribution in [-0.4, -0.2) is 29.6 Å². The molecule has 146 valence electrons. The van der Waals surface area contributed by atoms with Crippen LogP contribution in [0.2, 0.25) is 5.02 Å². The van der Waals surface area contributed by atoms with Gasteiger partial charge in [-0.15, -0.1) is 0 Å². The summed E-state index contributed by atoms with van der Waals surface area (Å²) in [6, 6.07) is 19.4. The molecule has 1 aromatic heterocycles. The number of aromatic nitrogens is 1. The number of esters is 1. The molecule has 1 amide bonds. The van der Waals surface area contributed by atoms with Crippen LogP contribution in [0.3, 0.4) is 0 Å². The van der Waals surface area contributed by atoms with Crippen molar-refractivity contribution >= 4 is 29.2 Å². The third kappa shape index (κ3) is 5.24. The van der Waals surface area contributed by atoms with Gasteiger partial charge in [0.15, 0.2) is 6.61 Å². The molecule has 0 atom stereocenters. The van der Waals surface area contributed by atoms with Gasteiger partial charge in [0.2, 0.25) is 0 Å². The molecule has 0 aliphatic rings. The summed E-state index contributed by atoms with van der Waals surface area (Å²) in [6.45, 7) is -0.255. The Hall–Kier alpha value is -3.56. The van der Waals surface area contributed by atoms with Gasteiger partial charge in [-0.1, -0.05) is 17.7 Å². The number of benzene rings is 2. The van der Waals surface area contributed by atoms with Crippen molar-refractivity contribution in [3.63, 3.8) is 0 Å². The number of amides is 1. The van der Waals surface area contributed by atoms with E-state index in [9.17, 15) is 9.59 Å². The predicted molar refractivity (Wildman–Crippen MR) is 110 cm³/mol. The summed E-state index contributed by atoms with van der Waals surface area (Å²) in [4.78, 5) is 26.3. The molecule has 1 heterocycles. The molecule has 0 unspecified atom stereocenters. The normalized spacial score (nSPS) is 10.2. The molecule has 0 fully saturated rings. The van der Waals surface area contributed by atoms with E-state index in [2.05, 4.69) is 0 Å². The van der Waals surface area contributed by atoms with Crippen LogP contribution in [0.5, 0.6) is 0 Å². The average molecular weight is 408 g/mol. The molecule has 7 heteroatoms. The molecule has 0 N–H and O–H groups in total. The standard InChI is InChI=1S/C22H18ClN3O3/c23-18-5-3-6-20(15-18)26(14-4-11-24)21(27)16-29-22(28)17-7-9-19(10-8-17)25-12-1-2-13-25/h1-3,5-10,12-13,15H,4,14,16H2. The van der Waals surface area contributed by atoms with E-state index in [1.54, 1.807) is 48.5 Å². The minimum Gasteiger partial charge on any atom is -0.452 e. The van der Waals surface area contributed by atoms with Crippen molar-refractivity contribution in [1.82, 2.24) is 4.57 Å². The van der Waals surface area contributed by atoms with Gasteiger partial charge < -0.3 is 14.2 Å². The van der Waals surface area contributed by atoms with Crippen LogP contribution in [0, 0.1) is 11.3 Å². The smallest absolute Gasteiger partial charge is 0.338 e. The number of nitrogens with zero attached hydrogens (tertiary/aromatic N) is 3. The molecule has 2 aromatic carbocycles. The summed E-state index contributed by atoms with van der Waals surface area (Å²) in [7, 11) is 0. The van der Waals surface area contributed by atoms with Crippen molar-refractivity contribution in [2.45, 2.75) is 6.42 Å². The zero-order valence-electron chi connectivity index (χ0n) is 15.5. The van der Waals surface area contributed by atoms with E-state index in [-0.39, 0.29) is 13.0 Å². The van der Waals surface area contributed by atoms with E-state index in [0.717, 1.165) is 5.69 Å². The van der Waals surface area contributed by atoms with Crippen LogP contribution >= 0.6 is 11.6 Å². The SMILES string of the molecule is N#CCCN(C(=O)COC(=O)c1ccc(-n2cccc2)cc1)c1cccc(Cl)c1. The van der Waals surface area contributed by atoms with Gasteiger partial charge in [-0.3, -0.25) is 4.79 Å². The van der Waals surface area contributed by atoms with Crippen LogP contribution in [0.1, 0.15) is 16.8 Å². The van der Waals surface area contributed by atoms with Gasteiger partial charge in [-0.05, 0) is 54.6 Å². The second-order valence-electron chi connectivity index (χ2n) is 6.15. The Labute approximate surface area is 173 Å². The minimum atomic E-state index is -0.594. The third-order valence-electron chi connectivity index (χ3n) is 4.20. The highest BCUT2D eigenvalue weighted by molar-refractivity contribution is 6.30. The lowest BCUT2D eigenvalue weighted by Gasteiger charge is -2.21. The lowest BCUT2D eigenvalue weighted by atomic mass is 10.2. The number of ether oxygens (including phenoxy) is 1. The summed E-state index contributed by atoms with van der Waals surface area (Å²) in [5.74, 6) is -1.02. The number of rotatable bonds is 7. The monoisotopic (exact) mass is 407 g/mol. The molecule has 0 radical (unpaired) electrons. The Balaban J connectivity index is 1.64. The van der Waals surface area contributed by atoms with Crippen molar-refractivity contribution in [3.05, 3.63) is 83.6 Å². The van der Waals surface area contributed by atoms with Gasteiger partial charge in [0.1, 0.15) is 0 Å². The third-order valence-corrected chi connectivity index (χ3v) is 4.44. The molecule has 0 bridgehead atoms. The van der Waals surface area contributed by atoms with Gasteiger partial charge in [0.25, 0.3) is 5.91 Å². The summed E-state index contributed by atoms with van der Waals surface area (Å²) < 4.78 is 7.09. The number of nitriles is 1. The predicted octanol–water partition coefficient (Wildman–Crippen LogP) is 4.23. The maximum atomic E-state index is 12.6. The molecular weight excluding hydrogens is 390 g/mol. The van der Waals surface area contributed by atoms with Crippen LogP contribution in [-0.2, 0) is 9.53 Å². The first-order valence-electron chi connectivity index (χ1n) is 8.92. The van der Waals surface area contributed by atoms with Crippen molar-refractivity contribution in [2.24, 2.45) is 0 Å². The fourth-order valence-electron chi connectivity index (χ4n) is 2.77. The van der Waals surface area contributed by atoms with E-state index in [4.69, 9.17) is 21.6 Å². The first-order valence-corrected chi connectivity index (χ1v) is 9.29.